The number of hydrogen-bond donors (Lipinski definition) is 0. The standard InChI is InChI=1S/C26H26F4N6O/c1-5-15-11-17-23(33-35(4)24(17)21-12-22(26(28,29)30)32-34(21)3)20(6-2)36(15)25(37)14-10-16-18(27)8-7-9-19(16)31-13-14/h7-10,12-13,15,20H,5-6,11H2,1-4H3. The molecule has 2 unspecified atom stereocenters. The lowest BCUT2D eigenvalue weighted by atomic mass is 9.88. The number of carbonyl (C=O) groups excluding carboxylic acids is 1. The third-order valence-corrected chi connectivity index (χ3v) is 7.09. The van der Waals surface area contributed by atoms with E-state index in [4.69, 9.17) is 0 Å². The van der Waals surface area contributed by atoms with Gasteiger partial charge in [-0.25, -0.2) is 4.39 Å². The number of pyridine rings is 1. The Morgan fingerprint density at radius 1 is 1.08 bits per heavy atom. The van der Waals surface area contributed by atoms with E-state index in [-0.39, 0.29) is 22.9 Å². The van der Waals surface area contributed by atoms with Gasteiger partial charge in [-0.2, -0.15) is 23.4 Å². The first kappa shape index (κ1) is 24.9. The van der Waals surface area contributed by atoms with E-state index in [1.54, 1.807) is 28.8 Å². The monoisotopic (exact) mass is 514 g/mol. The summed E-state index contributed by atoms with van der Waals surface area (Å²) in [6, 6.07) is 6.48. The van der Waals surface area contributed by atoms with Crippen molar-refractivity contribution in [3.8, 4) is 11.4 Å². The highest BCUT2D eigenvalue weighted by Crippen LogP contribution is 2.42. The van der Waals surface area contributed by atoms with Gasteiger partial charge >= 0.3 is 6.18 Å². The van der Waals surface area contributed by atoms with Crippen molar-refractivity contribution in [1.82, 2.24) is 29.4 Å². The van der Waals surface area contributed by atoms with Crippen LogP contribution in [0.5, 0.6) is 0 Å². The van der Waals surface area contributed by atoms with Crippen molar-refractivity contribution in [1.29, 1.82) is 0 Å². The summed E-state index contributed by atoms with van der Waals surface area (Å²) in [6.45, 7) is 3.90. The molecule has 11 heteroatoms. The summed E-state index contributed by atoms with van der Waals surface area (Å²) in [6.07, 6.45) is -1.54. The minimum absolute atomic E-state index is 0.237. The van der Waals surface area contributed by atoms with E-state index in [9.17, 15) is 22.4 Å². The zero-order valence-electron chi connectivity index (χ0n) is 20.8. The van der Waals surface area contributed by atoms with Crippen LogP contribution < -0.4 is 0 Å². The summed E-state index contributed by atoms with van der Waals surface area (Å²) in [5, 5.41) is 8.61. The Kier molecular flexibility index (Phi) is 6.04. The molecule has 0 aliphatic carbocycles. The summed E-state index contributed by atoms with van der Waals surface area (Å²) in [5.74, 6) is -0.738. The van der Waals surface area contributed by atoms with Crippen LogP contribution in [0.3, 0.4) is 0 Å². The summed E-state index contributed by atoms with van der Waals surface area (Å²) < 4.78 is 57.2. The summed E-state index contributed by atoms with van der Waals surface area (Å²) in [7, 11) is 3.16. The SMILES string of the molecule is CCC1Cc2c(nn(C)c2-c2cc(C(F)(F)F)nn2C)C(CC)N1C(=O)c1cnc2cccc(F)c2c1. The van der Waals surface area contributed by atoms with Crippen LogP contribution in [0.15, 0.2) is 36.5 Å². The average Bonchev–Trinajstić information content (AvgIpc) is 3.40. The van der Waals surface area contributed by atoms with Crippen LogP contribution in [0.25, 0.3) is 22.3 Å². The van der Waals surface area contributed by atoms with Crippen molar-refractivity contribution < 1.29 is 22.4 Å². The lowest BCUT2D eigenvalue weighted by Crippen LogP contribution is -2.47. The number of hydrogen-bond acceptors (Lipinski definition) is 4. The topological polar surface area (TPSA) is 68.8 Å². The number of alkyl halides is 3. The van der Waals surface area contributed by atoms with Gasteiger partial charge in [-0.1, -0.05) is 19.9 Å². The largest absolute Gasteiger partial charge is 0.435 e. The van der Waals surface area contributed by atoms with Crippen molar-refractivity contribution in [3.05, 3.63) is 64.9 Å². The molecule has 0 radical (unpaired) electrons. The van der Waals surface area contributed by atoms with E-state index in [2.05, 4.69) is 15.2 Å². The molecule has 1 aliphatic heterocycles. The maximum absolute atomic E-state index is 14.4. The molecule has 4 aromatic rings. The van der Waals surface area contributed by atoms with E-state index in [0.29, 0.717) is 41.9 Å². The van der Waals surface area contributed by atoms with E-state index in [0.717, 1.165) is 11.6 Å². The Labute approximate surface area is 210 Å². The average molecular weight is 515 g/mol. The molecular formula is C26H26F4N6O. The molecule has 3 aromatic heterocycles. The lowest BCUT2D eigenvalue weighted by Gasteiger charge is -2.41. The number of carbonyl (C=O) groups is 1. The second-order valence-electron chi connectivity index (χ2n) is 9.31. The fourth-order valence-electron chi connectivity index (χ4n) is 5.34. The minimum atomic E-state index is -4.57. The zero-order valence-corrected chi connectivity index (χ0v) is 20.8. The third-order valence-electron chi connectivity index (χ3n) is 7.09. The molecule has 0 saturated carbocycles. The number of benzene rings is 1. The van der Waals surface area contributed by atoms with Crippen molar-refractivity contribution in [2.24, 2.45) is 14.1 Å². The number of nitrogens with zero attached hydrogens (tertiary/aromatic N) is 6. The first-order valence-electron chi connectivity index (χ1n) is 12.1. The minimum Gasteiger partial charge on any atom is -0.327 e. The van der Waals surface area contributed by atoms with Crippen molar-refractivity contribution in [2.75, 3.05) is 0 Å². The summed E-state index contributed by atoms with van der Waals surface area (Å²) in [4.78, 5) is 19.9. The number of halogens is 4. The van der Waals surface area contributed by atoms with Crippen molar-refractivity contribution in [3.63, 3.8) is 0 Å². The van der Waals surface area contributed by atoms with Gasteiger partial charge in [0.1, 0.15) is 5.82 Å². The highest BCUT2D eigenvalue weighted by Gasteiger charge is 2.41. The van der Waals surface area contributed by atoms with Gasteiger partial charge in [0.25, 0.3) is 5.91 Å². The predicted octanol–water partition coefficient (Wildman–Crippen LogP) is 5.45. The molecule has 5 rings (SSSR count). The predicted molar refractivity (Wildman–Crippen MR) is 129 cm³/mol. The lowest BCUT2D eigenvalue weighted by molar-refractivity contribution is -0.141. The molecule has 194 valence electrons. The summed E-state index contributed by atoms with van der Waals surface area (Å²) >= 11 is 0. The van der Waals surface area contributed by atoms with Crippen LogP contribution in [-0.4, -0.2) is 41.4 Å². The second-order valence-corrected chi connectivity index (χ2v) is 9.31. The third kappa shape index (κ3) is 4.06. The molecule has 7 nitrogen and oxygen atoms in total. The molecule has 0 saturated heterocycles. The van der Waals surface area contributed by atoms with Gasteiger partial charge < -0.3 is 4.90 Å². The molecule has 4 heterocycles. The van der Waals surface area contributed by atoms with E-state index < -0.39 is 23.7 Å². The van der Waals surface area contributed by atoms with Gasteiger partial charge in [-0.3, -0.25) is 19.1 Å². The molecule has 1 aromatic carbocycles. The molecule has 37 heavy (non-hydrogen) atoms. The van der Waals surface area contributed by atoms with Gasteiger partial charge in [0.05, 0.1) is 34.2 Å². The fraction of sp³-hybridized carbons (Fsp3) is 0.385. The van der Waals surface area contributed by atoms with Crippen LogP contribution in [0.1, 0.15) is 60.0 Å². The smallest absolute Gasteiger partial charge is 0.327 e. The molecule has 1 aliphatic rings. The van der Waals surface area contributed by atoms with E-state index in [1.807, 2.05) is 13.8 Å². The Hall–Kier alpha value is -3.76. The number of amides is 1. The van der Waals surface area contributed by atoms with Gasteiger partial charge in [0, 0.05) is 37.3 Å². The van der Waals surface area contributed by atoms with Crippen molar-refractivity contribution >= 4 is 16.8 Å². The highest BCUT2D eigenvalue weighted by molar-refractivity contribution is 5.98. The van der Waals surface area contributed by atoms with Crippen LogP contribution >= 0.6 is 0 Å². The Bertz CT molecular complexity index is 1500. The van der Waals surface area contributed by atoms with E-state index >= 15 is 0 Å². The van der Waals surface area contributed by atoms with Gasteiger partial charge in [-0.05, 0) is 43.5 Å². The molecule has 0 N–H and O–H groups in total. The van der Waals surface area contributed by atoms with Gasteiger partial charge in [-0.15, -0.1) is 0 Å². The Morgan fingerprint density at radius 3 is 2.49 bits per heavy atom. The maximum atomic E-state index is 14.4. The van der Waals surface area contributed by atoms with Gasteiger partial charge in [0.15, 0.2) is 5.69 Å². The molecule has 0 bridgehead atoms. The highest BCUT2D eigenvalue weighted by atomic mass is 19.4. The molecule has 0 fully saturated rings. The fourth-order valence-corrected chi connectivity index (χ4v) is 5.34. The number of aromatic nitrogens is 5. The molecule has 1 amide bonds. The number of aryl methyl sites for hydroxylation is 2. The van der Waals surface area contributed by atoms with Crippen molar-refractivity contribution in [2.45, 2.75) is 51.4 Å². The molecule has 2 atom stereocenters. The number of fused-ring (bicyclic) bond motifs is 2. The normalized spacial score (nSPS) is 17.9. The first-order valence-corrected chi connectivity index (χ1v) is 12.1. The Balaban J connectivity index is 1.60. The van der Waals surface area contributed by atoms with Crippen LogP contribution in [0.4, 0.5) is 17.6 Å². The molecular weight excluding hydrogens is 488 g/mol. The Morgan fingerprint density at radius 2 is 1.84 bits per heavy atom. The number of rotatable bonds is 4. The van der Waals surface area contributed by atoms with Crippen LogP contribution in [0.2, 0.25) is 0 Å². The molecule has 0 spiro atoms. The zero-order chi connectivity index (χ0) is 26.6. The van der Waals surface area contributed by atoms with Crippen LogP contribution in [-0.2, 0) is 26.7 Å². The van der Waals surface area contributed by atoms with E-state index in [1.165, 1.54) is 30.1 Å². The quantitative estimate of drug-likeness (QED) is 0.340. The second kappa shape index (κ2) is 8.97. The first-order chi connectivity index (χ1) is 17.5. The summed E-state index contributed by atoms with van der Waals surface area (Å²) in [5.41, 5.74) is 2.08. The van der Waals surface area contributed by atoms with Gasteiger partial charge in [0.2, 0.25) is 0 Å². The maximum Gasteiger partial charge on any atom is 0.435 e. The van der Waals surface area contributed by atoms with Crippen LogP contribution in [0, 0.1) is 5.82 Å².